The second-order valence-corrected chi connectivity index (χ2v) is 11.5. The number of carbonyl (C=O) groups is 2. The third kappa shape index (κ3) is 5.12. The van der Waals surface area contributed by atoms with E-state index in [1.165, 1.54) is 0 Å². The molecule has 1 spiro atoms. The van der Waals surface area contributed by atoms with E-state index in [-0.39, 0.29) is 6.54 Å². The lowest BCUT2D eigenvalue weighted by atomic mass is 9.77. The summed E-state index contributed by atoms with van der Waals surface area (Å²) in [4.78, 5) is 31.0. The fourth-order valence-corrected chi connectivity index (χ4v) is 6.26. The molecule has 0 aromatic heterocycles. The summed E-state index contributed by atoms with van der Waals surface area (Å²) in [5.74, 6) is 0.475. The van der Waals surface area contributed by atoms with Gasteiger partial charge in [0.05, 0.1) is 37.9 Å². The second kappa shape index (κ2) is 11.5. The summed E-state index contributed by atoms with van der Waals surface area (Å²) in [6.07, 6.45) is 7.58. The van der Waals surface area contributed by atoms with E-state index in [1.807, 2.05) is 30.5 Å². The van der Waals surface area contributed by atoms with Crippen LogP contribution < -0.4 is 9.64 Å². The van der Waals surface area contributed by atoms with Crippen LogP contribution in [0.1, 0.15) is 42.5 Å². The van der Waals surface area contributed by atoms with Crippen LogP contribution in [0, 0.1) is 0 Å². The average molecular weight is 617 g/mol. The molecule has 5 rings (SSSR count). The van der Waals surface area contributed by atoms with Crippen molar-refractivity contribution in [2.75, 3.05) is 43.1 Å². The number of ether oxygens (including phenoxy) is 2. The van der Waals surface area contributed by atoms with E-state index in [1.54, 1.807) is 0 Å². The van der Waals surface area contributed by atoms with Crippen molar-refractivity contribution in [1.82, 2.24) is 4.90 Å². The lowest BCUT2D eigenvalue weighted by Gasteiger charge is -2.47. The van der Waals surface area contributed by atoms with Gasteiger partial charge in [-0.25, -0.2) is 0 Å². The van der Waals surface area contributed by atoms with E-state index in [0.717, 1.165) is 45.4 Å². The maximum absolute atomic E-state index is 13.4. The topological polar surface area (TPSA) is 71.4 Å². The second-order valence-electron chi connectivity index (χ2n) is 10.7. The van der Waals surface area contributed by atoms with Crippen LogP contribution in [0.25, 0.3) is 6.08 Å². The fourth-order valence-electron chi connectivity index (χ4n) is 6.03. The van der Waals surface area contributed by atoms with Gasteiger partial charge in [-0.3, -0.25) is 19.5 Å². The molecule has 0 amide bonds. The van der Waals surface area contributed by atoms with Gasteiger partial charge in [-0.05, 0) is 43.9 Å². The van der Waals surface area contributed by atoms with Gasteiger partial charge in [0, 0.05) is 35.2 Å². The van der Waals surface area contributed by atoms with Crippen LogP contribution in [0.3, 0.4) is 0 Å². The molecule has 7 nitrogen and oxygen atoms in total. The lowest BCUT2D eigenvalue weighted by molar-refractivity contribution is -0.133. The first-order chi connectivity index (χ1) is 19.2. The molecule has 212 valence electrons. The van der Waals surface area contributed by atoms with E-state index in [9.17, 15) is 18.4 Å². The van der Waals surface area contributed by atoms with E-state index in [0.29, 0.717) is 36.8 Å². The van der Waals surface area contributed by atoms with Gasteiger partial charge in [0.2, 0.25) is 5.72 Å². The molecule has 0 N–H and O–H groups in total. The number of hydrogen-bond acceptors (Lipinski definition) is 7. The van der Waals surface area contributed by atoms with E-state index in [4.69, 9.17) is 14.5 Å². The molecule has 0 fully saturated rings. The van der Waals surface area contributed by atoms with Crippen molar-refractivity contribution in [2.24, 2.45) is 4.99 Å². The van der Waals surface area contributed by atoms with E-state index >= 15 is 0 Å². The molecule has 0 radical (unpaired) electrons. The van der Waals surface area contributed by atoms with Gasteiger partial charge < -0.3 is 14.4 Å². The standard InChI is InChI=1S/C30H32BrF2N3O4/c1-29(2)23-9-5-6-10-24(23)36(12-14-39-13-11-31)30(29)19-34-27-22-8-4-3-7-20(22)15-21(28(27)40-30)16-35(17-25(32)37)18-26(33)38/h4-6,8-10,15,19H,3,7,11-14,16-18H2,1-2H3. The normalized spacial score (nSPS) is 19.9. The van der Waals surface area contributed by atoms with Crippen LogP contribution in [0.2, 0.25) is 0 Å². The van der Waals surface area contributed by atoms with Gasteiger partial charge in [0.25, 0.3) is 0 Å². The van der Waals surface area contributed by atoms with Crippen molar-refractivity contribution in [2.45, 2.75) is 44.4 Å². The van der Waals surface area contributed by atoms with Crippen LogP contribution in [0.4, 0.5) is 20.2 Å². The van der Waals surface area contributed by atoms with Crippen molar-refractivity contribution in [3.8, 4) is 5.75 Å². The zero-order valence-corrected chi connectivity index (χ0v) is 24.2. The highest BCUT2D eigenvalue weighted by Crippen LogP contribution is 2.55. The molecule has 2 aromatic rings. The number of carbonyl (C=O) groups excluding carboxylic acids is 2. The number of para-hydroxylation sites is 1. The first kappa shape index (κ1) is 28.6. The van der Waals surface area contributed by atoms with Crippen molar-refractivity contribution in [3.63, 3.8) is 0 Å². The number of halogens is 3. The molecule has 2 heterocycles. The number of allylic oxidation sites excluding steroid dienone is 1. The quantitative estimate of drug-likeness (QED) is 0.190. The summed E-state index contributed by atoms with van der Waals surface area (Å²) in [6.45, 7) is 4.32. The Bertz CT molecular complexity index is 1360. The Labute approximate surface area is 241 Å². The molecule has 1 atom stereocenters. The molecule has 1 aliphatic carbocycles. The summed E-state index contributed by atoms with van der Waals surface area (Å²) in [7, 11) is 0. The molecule has 10 heteroatoms. The largest absolute Gasteiger partial charge is 0.459 e. The van der Waals surface area contributed by atoms with Crippen LogP contribution in [0.15, 0.2) is 41.4 Å². The number of fused-ring (bicyclic) bond motifs is 4. The number of rotatable bonds is 11. The number of aryl methyl sites for hydroxylation is 1. The van der Waals surface area contributed by atoms with Gasteiger partial charge in [0.1, 0.15) is 5.69 Å². The summed E-state index contributed by atoms with van der Waals surface area (Å²) in [5.41, 5.74) is 3.74. The molecule has 0 saturated heterocycles. The zero-order chi connectivity index (χ0) is 28.5. The first-order valence-corrected chi connectivity index (χ1v) is 14.5. The Balaban J connectivity index is 1.62. The minimum absolute atomic E-state index is 0.0576. The molecule has 3 aliphatic rings. The van der Waals surface area contributed by atoms with Gasteiger partial charge >= 0.3 is 12.1 Å². The smallest absolute Gasteiger partial charge is 0.315 e. The van der Waals surface area contributed by atoms with Gasteiger partial charge in [0.15, 0.2) is 5.75 Å². The van der Waals surface area contributed by atoms with Gasteiger partial charge in [-0.15, -0.1) is 0 Å². The lowest BCUT2D eigenvalue weighted by Crippen LogP contribution is -2.63. The average Bonchev–Trinajstić information content (AvgIpc) is 3.09. The number of nitrogens with zero attached hydrogens (tertiary/aromatic N) is 3. The Morgan fingerprint density at radius 2 is 1.93 bits per heavy atom. The Morgan fingerprint density at radius 3 is 2.65 bits per heavy atom. The third-order valence-corrected chi connectivity index (χ3v) is 8.21. The SMILES string of the molecule is CC1(C)c2ccccc2N(CCOCCBr)C12C=Nc1c3c(cc(CN(CC(=O)F)CC(=O)F)c1O2)CCC=C3. The Hall–Kier alpha value is -2.95. The Kier molecular flexibility index (Phi) is 8.22. The van der Waals surface area contributed by atoms with Crippen molar-refractivity contribution >= 4 is 51.7 Å². The molecule has 0 saturated carbocycles. The zero-order valence-electron chi connectivity index (χ0n) is 22.6. The van der Waals surface area contributed by atoms with Crippen molar-refractivity contribution in [3.05, 3.63) is 58.7 Å². The monoisotopic (exact) mass is 615 g/mol. The number of alkyl halides is 1. The molecule has 0 bridgehead atoms. The summed E-state index contributed by atoms with van der Waals surface area (Å²) >= 11 is 3.40. The molecule has 1 unspecified atom stereocenters. The molecule has 40 heavy (non-hydrogen) atoms. The minimum atomic E-state index is -1.64. The highest BCUT2D eigenvalue weighted by Gasteiger charge is 2.60. The highest BCUT2D eigenvalue weighted by atomic mass is 79.9. The minimum Gasteiger partial charge on any atom is -0.459 e. The van der Waals surface area contributed by atoms with Crippen molar-refractivity contribution in [1.29, 1.82) is 0 Å². The maximum atomic E-state index is 13.4. The molecular weight excluding hydrogens is 584 g/mol. The predicted molar refractivity (Wildman–Crippen MR) is 154 cm³/mol. The number of hydrogen-bond donors (Lipinski definition) is 0. The van der Waals surface area contributed by atoms with Crippen molar-refractivity contribution < 1.29 is 27.8 Å². The molecular formula is C30H32BrF2N3O4. The van der Waals surface area contributed by atoms with E-state index in [2.05, 4.69) is 52.9 Å². The van der Waals surface area contributed by atoms with Crippen LogP contribution >= 0.6 is 15.9 Å². The maximum Gasteiger partial charge on any atom is 0.315 e. The summed E-state index contributed by atoms with van der Waals surface area (Å²) in [5, 5.41) is 0.729. The Morgan fingerprint density at radius 1 is 1.18 bits per heavy atom. The van der Waals surface area contributed by atoms with Gasteiger partial charge in [-0.1, -0.05) is 52.3 Å². The summed E-state index contributed by atoms with van der Waals surface area (Å²) < 4.78 is 39.7. The highest BCUT2D eigenvalue weighted by molar-refractivity contribution is 9.09. The third-order valence-electron chi connectivity index (χ3n) is 7.88. The van der Waals surface area contributed by atoms with Gasteiger partial charge in [-0.2, -0.15) is 8.78 Å². The number of anilines is 1. The number of aliphatic imine (C=N–C) groups is 1. The van der Waals surface area contributed by atoms with E-state index < -0.39 is 36.3 Å². The fraction of sp³-hybridized carbons (Fsp3) is 0.433. The first-order valence-electron chi connectivity index (χ1n) is 13.4. The van der Waals surface area contributed by atoms with Crippen LogP contribution in [-0.2, 0) is 32.7 Å². The number of benzene rings is 2. The predicted octanol–water partition coefficient (Wildman–Crippen LogP) is 5.44. The van der Waals surface area contributed by atoms with Crippen LogP contribution in [0.5, 0.6) is 5.75 Å². The van der Waals surface area contributed by atoms with Crippen LogP contribution in [-0.4, -0.2) is 67.1 Å². The molecule has 2 aromatic carbocycles. The molecule has 2 aliphatic heterocycles. The summed E-state index contributed by atoms with van der Waals surface area (Å²) in [6, 6.07) is 6.78.